The van der Waals surface area contributed by atoms with Crippen molar-refractivity contribution in [2.24, 2.45) is 0 Å². The van der Waals surface area contributed by atoms with Crippen LogP contribution in [0.5, 0.6) is 0 Å². The lowest BCUT2D eigenvalue weighted by Gasteiger charge is -2.41. The summed E-state index contributed by atoms with van der Waals surface area (Å²) < 4.78 is 0. The molecule has 2 saturated heterocycles. The summed E-state index contributed by atoms with van der Waals surface area (Å²) in [7, 11) is 0. The Morgan fingerprint density at radius 2 is 2.15 bits per heavy atom. The van der Waals surface area contributed by atoms with Crippen LogP contribution in [0, 0.1) is 0 Å². The first-order valence-electron chi connectivity index (χ1n) is 4.54. The first kappa shape index (κ1) is 8.50. The first-order valence-corrected chi connectivity index (χ1v) is 4.54. The van der Waals surface area contributed by atoms with E-state index in [9.17, 15) is 9.59 Å². The lowest BCUT2D eigenvalue weighted by molar-refractivity contribution is -0.129. The predicted molar refractivity (Wildman–Crippen MR) is 46.1 cm³/mol. The monoisotopic (exact) mass is 183 g/mol. The number of amides is 3. The van der Waals surface area contributed by atoms with Gasteiger partial charge in [-0.05, 0) is 6.54 Å². The number of likely N-dealkylation sites (N-methyl/N-ethyl adjacent to an activating group) is 1. The summed E-state index contributed by atoms with van der Waals surface area (Å²) in [5.41, 5.74) is 0. The van der Waals surface area contributed by atoms with E-state index in [0.29, 0.717) is 0 Å². The van der Waals surface area contributed by atoms with Gasteiger partial charge in [0.05, 0.1) is 12.6 Å². The molecule has 2 rings (SSSR count). The Labute approximate surface area is 76.7 Å². The van der Waals surface area contributed by atoms with Gasteiger partial charge >= 0.3 is 6.03 Å². The summed E-state index contributed by atoms with van der Waals surface area (Å²) in [5, 5.41) is 2.52. The van der Waals surface area contributed by atoms with Gasteiger partial charge in [-0.1, -0.05) is 6.92 Å². The van der Waals surface area contributed by atoms with E-state index in [0.717, 1.165) is 19.6 Å². The fourth-order valence-corrected chi connectivity index (χ4v) is 1.77. The molecule has 2 aliphatic rings. The van der Waals surface area contributed by atoms with E-state index in [1.807, 2.05) is 0 Å². The Bertz CT molecular complexity index is 232. The number of rotatable bonds is 2. The topological polar surface area (TPSA) is 52.6 Å². The van der Waals surface area contributed by atoms with Gasteiger partial charge in [0.25, 0.3) is 0 Å². The summed E-state index contributed by atoms with van der Waals surface area (Å²) in [6.07, 6.45) is 0. The van der Waals surface area contributed by atoms with Gasteiger partial charge in [-0.3, -0.25) is 14.6 Å². The number of urea groups is 1. The minimum atomic E-state index is -0.231. The van der Waals surface area contributed by atoms with Crippen molar-refractivity contribution in [3.8, 4) is 0 Å². The highest BCUT2D eigenvalue weighted by molar-refractivity contribution is 6.02. The van der Waals surface area contributed by atoms with Crippen molar-refractivity contribution in [1.29, 1.82) is 0 Å². The molecule has 0 aromatic carbocycles. The second-order valence-corrected chi connectivity index (χ2v) is 3.43. The molecule has 1 N–H and O–H groups in total. The lowest BCUT2D eigenvalue weighted by Crippen LogP contribution is -2.60. The van der Waals surface area contributed by atoms with Gasteiger partial charge in [-0.15, -0.1) is 0 Å². The molecule has 0 unspecified atom stereocenters. The minimum absolute atomic E-state index is 0.0919. The molecular weight excluding hydrogens is 170 g/mol. The number of imide groups is 1. The van der Waals surface area contributed by atoms with Crippen LogP contribution in [0.15, 0.2) is 0 Å². The third-order valence-electron chi connectivity index (χ3n) is 2.63. The summed E-state index contributed by atoms with van der Waals surface area (Å²) in [6, 6.07) is -0.124. The molecule has 5 heteroatoms. The SMILES string of the molecule is CCN1CC(N2C(=O)CNC2=O)C1. The molecule has 0 aromatic heterocycles. The highest BCUT2D eigenvalue weighted by atomic mass is 16.2. The summed E-state index contributed by atoms with van der Waals surface area (Å²) in [5.74, 6) is -0.0919. The number of nitrogens with zero attached hydrogens (tertiary/aromatic N) is 2. The van der Waals surface area contributed by atoms with Gasteiger partial charge in [-0.2, -0.15) is 0 Å². The summed E-state index contributed by atoms with van der Waals surface area (Å²) >= 11 is 0. The van der Waals surface area contributed by atoms with Crippen molar-refractivity contribution < 1.29 is 9.59 Å². The number of nitrogens with one attached hydrogen (secondary N) is 1. The highest BCUT2D eigenvalue weighted by Crippen LogP contribution is 2.16. The van der Waals surface area contributed by atoms with E-state index >= 15 is 0 Å². The average molecular weight is 183 g/mol. The molecule has 2 aliphatic heterocycles. The van der Waals surface area contributed by atoms with Crippen LogP contribution < -0.4 is 5.32 Å². The van der Waals surface area contributed by atoms with Crippen molar-refractivity contribution in [2.75, 3.05) is 26.2 Å². The first-order chi connectivity index (χ1) is 6.22. The van der Waals surface area contributed by atoms with Crippen molar-refractivity contribution >= 4 is 11.9 Å². The third kappa shape index (κ3) is 1.29. The molecule has 0 spiro atoms. The van der Waals surface area contributed by atoms with E-state index < -0.39 is 0 Å². The molecule has 0 atom stereocenters. The van der Waals surface area contributed by atoms with Crippen LogP contribution in [0.3, 0.4) is 0 Å². The molecule has 72 valence electrons. The van der Waals surface area contributed by atoms with E-state index in [1.54, 1.807) is 0 Å². The summed E-state index contributed by atoms with van der Waals surface area (Å²) in [6.45, 7) is 4.88. The number of hydrogen-bond donors (Lipinski definition) is 1. The van der Waals surface area contributed by atoms with Crippen LogP contribution in [-0.4, -0.2) is 54.0 Å². The number of carbonyl (C=O) groups is 2. The van der Waals surface area contributed by atoms with Crippen LogP contribution >= 0.6 is 0 Å². The zero-order chi connectivity index (χ0) is 9.42. The fourth-order valence-electron chi connectivity index (χ4n) is 1.77. The average Bonchev–Trinajstić information content (AvgIpc) is 2.33. The van der Waals surface area contributed by atoms with Gasteiger partial charge in [-0.25, -0.2) is 4.79 Å². The van der Waals surface area contributed by atoms with Crippen LogP contribution in [0.1, 0.15) is 6.92 Å². The molecule has 5 nitrogen and oxygen atoms in total. The summed E-state index contributed by atoms with van der Waals surface area (Å²) in [4.78, 5) is 26.0. The van der Waals surface area contributed by atoms with E-state index in [4.69, 9.17) is 0 Å². The zero-order valence-electron chi connectivity index (χ0n) is 7.62. The molecule has 2 heterocycles. The molecule has 13 heavy (non-hydrogen) atoms. The molecule has 2 fully saturated rings. The van der Waals surface area contributed by atoms with E-state index in [1.165, 1.54) is 4.90 Å². The van der Waals surface area contributed by atoms with Crippen LogP contribution in [0.25, 0.3) is 0 Å². The van der Waals surface area contributed by atoms with Crippen LogP contribution in [0.4, 0.5) is 4.79 Å². The Hall–Kier alpha value is -1.10. The predicted octanol–water partition coefficient (Wildman–Crippen LogP) is -0.758. The van der Waals surface area contributed by atoms with E-state index in [-0.39, 0.29) is 24.5 Å². The fraction of sp³-hybridized carbons (Fsp3) is 0.750. The van der Waals surface area contributed by atoms with Gasteiger partial charge < -0.3 is 5.32 Å². The smallest absolute Gasteiger partial charge is 0.324 e. The Morgan fingerprint density at radius 3 is 2.62 bits per heavy atom. The third-order valence-corrected chi connectivity index (χ3v) is 2.63. The number of hydrogen-bond acceptors (Lipinski definition) is 3. The molecule has 0 aromatic rings. The lowest BCUT2D eigenvalue weighted by atomic mass is 10.1. The minimum Gasteiger partial charge on any atom is -0.329 e. The van der Waals surface area contributed by atoms with Gasteiger partial charge in [0.1, 0.15) is 0 Å². The maximum absolute atomic E-state index is 11.2. The number of likely N-dealkylation sites (tertiary alicyclic amines) is 1. The maximum atomic E-state index is 11.2. The standard InChI is InChI=1S/C8H13N3O2/c1-2-10-4-6(5-10)11-7(12)3-9-8(11)13/h6H,2-5H2,1H3,(H,9,13). The molecule has 3 amide bonds. The highest BCUT2D eigenvalue weighted by Gasteiger charge is 2.40. The van der Waals surface area contributed by atoms with Crippen molar-refractivity contribution in [1.82, 2.24) is 15.1 Å². The molecular formula is C8H13N3O2. The quantitative estimate of drug-likeness (QED) is 0.573. The Kier molecular flexibility index (Phi) is 1.95. The van der Waals surface area contributed by atoms with Crippen LogP contribution in [0.2, 0.25) is 0 Å². The molecule has 0 radical (unpaired) electrons. The van der Waals surface area contributed by atoms with Crippen LogP contribution in [-0.2, 0) is 4.79 Å². The largest absolute Gasteiger partial charge is 0.329 e. The molecule has 0 aliphatic carbocycles. The van der Waals surface area contributed by atoms with E-state index in [2.05, 4.69) is 17.1 Å². The molecule has 0 bridgehead atoms. The zero-order valence-corrected chi connectivity index (χ0v) is 7.62. The number of carbonyl (C=O) groups excluding carboxylic acids is 2. The van der Waals surface area contributed by atoms with Crippen molar-refractivity contribution in [3.05, 3.63) is 0 Å². The van der Waals surface area contributed by atoms with Crippen molar-refractivity contribution in [3.63, 3.8) is 0 Å². The normalized spacial score (nSPS) is 24.8. The van der Waals surface area contributed by atoms with Gasteiger partial charge in [0, 0.05) is 13.1 Å². The second kappa shape index (κ2) is 2.99. The maximum Gasteiger partial charge on any atom is 0.324 e. The van der Waals surface area contributed by atoms with Crippen molar-refractivity contribution in [2.45, 2.75) is 13.0 Å². The van der Waals surface area contributed by atoms with Gasteiger partial charge in [0.2, 0.25) is 5.91 Å². The van der Waals surface area contributed by atoms with Gasteiger partial charge in [0.15, 0.2) is 0 Å². The Morgan fingerprint density at radius 1 is 1.46 bits per heavy atom. The Balaban J connectivity index is 1.95. The second-order valence-electron chi connectivity index (χ2n) is 3.43. The molecule has 0 saturated carbocycles.